The van der Waals surface area contributed by atoms with E-state index in [2.05, 4.69) is 0 Å². The van der Waals surface area contributed by atoms with Crippen LogP contribution in [0.2, 0.25) is 0 Å². The van der Waals surface area contributed by atoms with E-state index in [1.807, 2.05) is 13.8 Å². The Bertz CT molecular complexity index is 432. The molecule has 1 aromatic carbocycles. The predicted molar refractivity (Wildman–Crippen MR) is 65.4 cm³/mol. The predicted octanol–water partition coefficient (Wildman–Crippen LogP) is 2.70. The van der Waals surface area contributed by atoms with E-state index in [1.165, 1.54) is 7.11 Å². The second kappa shape index (κ2) is 6.31. The van der Waals surface area contributed by atoms with Crippen LogP contribution < -0.4 is 4.90 Å². The highest BCUT2D eigenvalue weighted by atomic mass is 19.1. The average molecular weight is 254 g/mol. The highest BCUT2D eigenvalue weighted by Crippen LogP contribution is 2.26. The van der Waals surface area contributed by atoms with Gasteiger partial charge in [0.05, 0.1) is 18.2 Å². The first-order chi connectivity index (χ1) is 8.51. The number of anilines is 1. The van der Waals surface area contributed by atoms with Crippen molar-refractivity contribution in [2.45, 2.75) is 19.9 Å². The van der Waals surface area contributed by atoms with Gasteiger partial charge in [0.25, 0.3) is 0 Å². The second-order valence-corrected chi connectivity index (χ2v) is 4.18. The Hall–Kier alpha value is -1.67. The van der Waals surface area contributed by atoms with Crippen LogP contribution in [0.5, 0.6) is 0 Å². The molecule has 0 unspecified atom stereocenters. The third-order valence-corrected chi connectivity index (χ3v) is 2.59. The Labute approximate surface area is 106 Å². The maximum Gasteiger partial charge on any atom is 0.150 e. The van der Waals surface area contributed by atoms with Gasteiger partial charge in [0, 0.05) is 19.7 Å². The van der Waals surface area contributed by atoms with E-state index >= 15 is 0 Å². The Morgan fingerprint density at radius 2 is 1.89 bits per heavy atom. The molecular formula is C13H16F2N2O. The zero-order chi connectivity index (χ0) is 13.7. The molecular weight excluding hydrogens is 238 g/mol. The first kappa shape index (κ1) is 14.4. The van der Waals surface area contributed by atoms with Gasteiger partial charge in [0.15, 0.2) is 11.6 Å². The number of nitriles is 1. The zero-order valence-electron chi connectivity index (χ0n) is 10.7. The van der Waals surface area contributed by atoms with Gasteiger partial charge >= 0.3 is 0 Å². The molecule has 0 heterocycles. The van der Waals surface area contributed by atoms with Crippen LogP contribution >= 0.6 is 0 Å². The number of rotatable bonds is 5. The SMILES string of the molecule is COCCN(c1c(F)cc(C#N)cc1F)C(C)C. The molecule has 5 heteroatoms. The fourth-order valence-corrected chi connectivity index (χ4v) is 1.72. The molecule has 0 fully saturated rings. The molecule has 3 nitrogen and oxygen atoms in total. The largest absolute Gasteiger partial charge is 0.383 e. The van der Waals surface area contributed by atoms with Gasteiger partial charge in [-0.25, -0.2) is 8.78 Å². The van der Waals surface area contributed by atoms with Crippen molar-refractivity contribution >= 4 is 5.69 Å². The minimum atomic E-state index is -0.726. The maximum absolute atomic E-state index is 13.9. The van der Waals surface area contributed by atoms with Crippen LogP contribution in [0.25, 0.3) is 0 Å². The summed E-state index contributed by atoms with van der Waals surface area (Å²) in [6.07, 6.45) is 0. The minimum Gasteiger partial charge on any atom is -0.383 e. The molecule has 18 heavy (non-hydrogen) atoms. The molecule has 0 aliphatic rings. The molecule has 0 radical (unpaired) electrons. The molecule has 0 aliphatic carbocycles. The molecule has 0 amide bonds. The van der Waals surface area contributed by atoms with Crippen molar-refractivity contribution < 1.29 is 13.5 Å². The lowest BCUT2D eigenvalue weighted by atomic mass is 10.1. The second-order valence-electron chi connectivity index (χ2n) is 4.18. The number of benzene rings is 1. The van der Waals surface area contributed by atoms with Crippen molar-refractivity contribution in [3.63, 3.8) is 0 Å². The number of nitrogens with zero attached hydrogens (tertiary/aromatic N) is 2. The lowest BCUT2D eigenvalue weighted by Gasteiger charge is -2.29. The summed E-state index contributed by atoms with van der Waals surface area (Å²) in [7, 11) is 1.53. The number of halogens is 2. The zero-order valence-corrected chi connectivity index (χ0v) is 10.7. The molecule has 0 spiro atoms. The van der Waals surface area contributed by atoms with Crippen LogP contribution in [-0.2, 0) is 4.74 Å². The molecule has 98 valence electrons. The monoisotopic (exact) mass is 254 g/mol. The van der Waals surface area contributed by atoms with E-state index in [0.717, 1.165) is 12.1 Å². The quantitative estimate of drug-likeness (QED) is 0.810. The molecule has 0 aliphatic heterocycles. The van der Waals surface area contributed by atoms with Crippen molar-refractivity contribution in [3.8, 4) is 6.07 Å². The fourth-order valence-electron chi connectivity index (χ4n) is 1.72. The Balaban J connectivity index is 3.16. The van der Waals surface area contributed by atoms with E-state index in [4.69, 9.17) is 10.00 Å². The van der Waals surface area contributed by atoms with Crippen molar-refractivity contribution in [2.75, 3.05) is 25.2 Å². The summed E-state index contributed by atoms with van der Waals surface area (Å²) in [5.74, 6) is -1.45. The van der Waals surface area contributed by atoms with Crippen LogP contribution in [0, 0.1) is 23.0 Å². The summed E-state index contributed by atoms with van der Waals surface area (Å²) in [4.78, 5) is 1.58. The van der Waals surface area contributed by atoms with E-state index in [9.17, 15) is 8.78 Å². The number of ether oxygens (including phenoxy) is 1. The molecule has 1 aromatic rings. The topological polar surface area (TPSA) is 36.3 Å². The highest BCUT2D eigenvalue weighted by molar-refractivity contribution is 5.53. The number of hydrogen-bond acceptors (Lipinski definition) is 3. The van der Waals surface area contributed by atoms with Crippen LogP contribution in [-0.4, -0.2) is 26.3 Å². The Morgan fingerprint density at radius 1 is 1.33 bits per heavy atom. The summed E-state index contributed by atoms with van der Waals surface area (Å²) in [5.41, 5.74) is -0.134. The first-order valence-corrected chi connectivity index (χ1v) is 5.66. The first-order valence-electron chi connectivity index (χ1n) is 5.66. The average Bonchev–Trinajstić information content (AvgIpc) is 2.31. The van der Waals surface area contributed by atoms with Crippen LogP contribution in [0.4, 0.5) is 14.5 Å². The lowest BCUT2D eigenvalue weighted by molar-refractivity contribution is 0.203. The van der Waals surface area contributed by atoms with Crippen molar-refractivity contribution in [1.29, 1.82) is 5.26 Å². The van der Waals surface area contributed by atoms with Gasteiger partial charge in [-0.15, -0.1) is 0 Å². The number of hydrogen-bond donors (Lipinski definition) is 0. The smallest absolute Gasteiger partial charge is 0.150 e. The van der Waals surface area contributed by atoms with Gasteiger partial charge in [-0.05, 0) is 26.0 Å². The van der Waals surface area contributed by atoms with Crippen molar-refractivity contribution in [2.24, 2.45) is 0 Å². The van der Waals surface area contributed by atoms with E-state index in [-0.39, 0.29) is 17.3 Å². The highest BCUT2D eigenvalue weighted by Gasteiger charge is 2.20. The van der Waals surface area contributed by atoms with Crippen LogP contribution in [0.3, 0.4) is 0 Å². The van der Waals surface area contributed by atoms with Gasteiger partial charge in [-0.3, -0.25) is 0 Å². The summed E-state index contributed by atoms with van der Waals surface area (Å²) in [6.45, 7) is 4.43. The molecule has 0 aromatic heterocycles. The summed E-state index contributed by atoms with van der Waals surface area (Å²) < 4.78 is 32.7. The van der Waals surface area contributed by atoms with E-state index in [0.29, 0.717) is 13.2 Å². The molecule has 0 N–H and O–H groups in total. The van der Waals surface area contributed by atoms with Gasteiger partial charge in [-0.1, -0.05) is 0 Å². The van der Waals surface area contributed by atoms with Crippen LogP contribution in [0.1, 0.15) is 19.4 Å². The van der Waals surface area contributed by atoms with Gasteiger partial charge in [0.1, 0.15) is 5.69 Å². The lowest BCUT2D eigenvalue weighted by Crippen LogP contribution is -2.35. The van der Waals surface area contributed by atoms with E-state index < -0.39 is 11.6 Å². The van der Waals surface area contributed by atoms with Crippen molar-refractivity contribution in [3.05, 3.63) is 29.3 Å². The molecule has 0 saturated carbocycles. The Kier molecular flexibility index (Phi) is 5.05. The third kappa shape index (κ3) is 3.17. The van der Waals surface area contributed by atoms with Crippen LogP contribution in [0.15, 0.2) is 12.1 Å². The number of methoxy groups -OCH3 is 1. The maximum atomic E-state index is 13.9. The molecule has 0 saturated heterocycles. The third-order valence-electron chi connectivity index (χ3n) is 2.59. The van der Waals surface area contributed by atoms with Crippen molar-refractivity contribution in [1.82, 2.24) is 0 Å². The van der Waals surface area contributed by atoms with Gasteiger partial charge in [-0.2, -0.15) is 5.26 Å². The molecule has 1 rings (SSSR count). The summed E-state index contributed by atoms with van der Waals surface area (Å²) in [6, 6.07) is 3.74. The molecule has 0 atom stereocenters. The van der Waals surface area contributed by atoms with Gasteiger partial charge in [0.2, 0.25) is 0 Å². The summed E-state index contributed by atoms with van der Waals surface area (Å²) in [5, 5.41) is 8.65. The Morgan fingerprint density at radius 3 is 2.28 bits per heavy atom. The summed E-state index contributed by atoms with van der Waals surface area (Å²) >= 11 is 0. The molecule has 0 bridgehead atoms. The normalized spacial score (nSPS) is 10.5. The minimum absolute atomic E-state index is 0.0239. The van der Waals surface area contributed by atoms with Gasteiger partial charge < -0.3 is 9.64 Å². The fraction of sp³-hybridized carbons (Fsp3) is 0.462. The standard InChI is InChI=1S/C13H16F2N2O/c1-9(2)17(4-5-18-3)13-11(14)6-10(8-16)7-12(13)15/h6-7,9H,4-5H2,1-3H3. The van der Waals surface area contributed by atoms with E-state index in [1.54, 1.807) is 11.0 Å².